The van der Waals surface area contributed by atoms with Crippen LogP contribution in [0, 0.1) is 6.07 Å². The van der Waals surface area contributed by atoms with Crippen molar-refractivity contribution >= 4 is 39.5 Å². The smallest absolute Gasteiger partial charge is 0.493 e. The number of aliphatic hydroxyl groups excluding tert-OH is 1. The van der Waals surface area contributed by atoms with E-state index in [0.717, 1.165) is 35.0 Å². The first kappa shape index (κ1) is 23.4. The van der Waals surface area contributed by atoms with Crippen LogP contribution in [0.25, 0.3) is 22.1 Å². The van der Waals surface area contributed by atoms with Crippen LogP contribution in [-0.4, -0.2) is 37.6 Å². The number of furan rings is 1. The summed E-state index contributed by atoms with van der Waals surface area (Å²) in [5.74, 6) is -0.0625. The van der Waals surface area contributed by atoms with E-state index in [2.05, 4.69) is 28.6 Å². The largest absolute Gasteiger partial charge is 0.512 e. The Kier molecular flexibility index (Phi) is 8.43. The fourth-order valence-electron chi connectivity index (χ4n) is 2.96. The summed E-state index contributed by atoms with van der Waals surface area (Å²) in [7, 11) is 0. The van der Waals surface area contributed by atoms with Crippen LogP contribution < -0.4 is 0 Å². The molecule has 0 fully saturated rings. The zero-order valence-corrected chi connectivity index (χ0v) is 19.6. The molecule has 7 heteroatoms. The molecule has 2 aromatic heterocycles. The van der Waals surface area contributed by atoms with Crippen molar-refractivity contribution in [3.05, 3.63) is 60.8 Å². The van der Waals surface area contributed by atoms with Crippen molar-refractivity contribution in [2.24, 2.45) is 0 Å². The van der Waals surface area contributed by atoms with Crippen LogP contribution in [0.5, 0.6) is 0 Å². The van der Waals surface area contributed by atoms with E-state index in [1.165, 1.54) is 26.3 Å². The Labute approximate surface area is 188 Å². The van der Waals surface area contributed by atoms with Gasteiger partial charge in [-0.15, -0.1) is 6.07 Å². The molecule has 157 valence electrons. The average Bonchev–Trinajstić information content (AvgIpc) is 3.30. The molecule has 0 amide bonds. The molecule has 0 saturated heterocycles. The number of rotatable bonds is 5. The van der Waals surface area contributed by atoms with Gasteiger partial charge in [-0.1, -0.05) is 27.9 Å². The maximum absolute atomic E-state index is 10.0. The number of unbranched alkanes of at least 4 members (excludes halogenated alkanes) is 1. The number of aliphatic hydroxyl groups is 1. The second-order valence-corrected chi connectivity index (χ2v) is 6.74. The first-order valence-corrected chi connectivity index (χ1v) is 9.56. The van der Waals surface area contributed by atoms with Crippen LogP contribution in [0.2, 0.25) is 0 Å². The van der Waals surface area contributed by atoms with E-state index in [1.54, 1.807) is 6.20 Å². The summed E-state index contributed by atoms with van der Waals surface area (Å²) in [5.41, 5.74) is 2.32. The molecule has 0 unspecified atom stereocenters. The van der Waals surface area contributed by atoms with Crippen molar-refractivity contribution in [1.82, 2.24) is 4.98 Å². The molecule has 4 rings (SSSR count). The van der Waals surface area contributed by atoms with Crippen LogP contribution in [0.1, 0.15) is 33.6 Å². The number of hydrogen-bond acceptors (Lipinski definition) is 4. The molecule has 0 bridgehead atoms. The number of ketones is 1. The molecule has 1 aliphatic heterocycles. The van der Waals surface area contributed by atoms with E-state index < -0.39 is 0 Å². The van der Waals surface area contributed by atoms with Crippen molar-refractivity contribution in [3.63, 3.8) is 0 Å². The van der Waals surface area contributed by atoms with Crippen molar-refractivity contribution in [3.8, 4) is 0 Å². The Morgan fingerprint density at radius 3 is 2.77 bits per heavy atom. The monoisotopic (exact) mass is 583 g/mol. The Hall–Kier alpha value is -2.85. The zero-order valence-electron chi connectivity index (χ0n) is 17.2. The van der Waals surface area contributed by atoms with Gasteiger partial charge in [-0.25, -0.2) is 4.98 Å². The molecule has 1 aliphatic rings. The quantitative estimate of drug-likeness (QED) is 0.201. The van der Waals surface area contributed by atoms with Crippen molar-refractivity contribution in [1.29, 1.82) is 0 Å². The standard InChI is InChI=1S/C18H16N3O.C5H8O2.Ir/c1-2-3-10-20-11-12-21(13-20)16-8-4-6-14-15-7-5-9-19-18(15)22-17(14)16;1-4(6)3-5(2)7;/h4-7,9,11-12H,2-3,10H2,1H3;3,6H,1-2H3;/q+1;;/b;4-3-;. The van der Waals surface area contributed by atoms with E-state index in [1.807, 2.05) is 41.2 Å². The Bertz CT molecular complexity index is 1180. The molecule has 1 N–H and O–H groups in total. The number of hydrogen-bond donors (Lipinski definition) is 1. The van der Waals surface area contributed by atoms with E-state index >= 15 is 0 Å². The minimum Gasteiger partial charge on any atom is -0.512 e. The van der Waals surface area contributed by atoms with Gasteiger partial charge in [0.2, 0.25) is 11.9 Å². The molecule has 3 aromatic rings. The number of fused-ring (bicyclic) bond motifs is 3. The molecular formula is C23H24IrN3O3+. The van der Waals surface area contributed by atoms with Gasteiger partial charge in [-0.2, -0.15) is 12.1 Å². The number of benzene rings is 1. The first-order valence-electron chi connectivity index (χ1n) is 9.56. The van der Waals surface area contributed by atoms with Gasteiger partial charge in [0.15, 0.2) is 18.0 Å². The molecule has 6 nitrogen and oxygen atoms in total. The topological polar surface area (TPSA) is 69.3 Å². The summed E-state index contributed by atoms with van der Waals surface area (Å²) in [6.45, 7) is 6.01. The van der Waals surface area contributed by atoms with Gasteiger partial charge in [-0.05, 0) is 26.0 Å². The predicted octanol–water partition coefficient (Wildman–Crippen LogP) is 4.93. The number of aromatic nitrogens is 1. The normalized spacial score (nSPS) is 12.8. The van der Waals surface area contributed by atoms with Crippen molar-refractivity contribution in [2.45, 2.75) is 33.6 Å². The molecular weight excluding hydrogens is 558 g/mol. The second kappa shape index (κ2) is 10.8. The Morgan fingerprint density at radius 1 is 1.30 bits per heavy atom. The van der Waals surface area contributed by atoms with Gasteiger partial charge < -0.3 is 9.52 Å². The van der Waals surface area contributed by atoms with Crippen LogP contribution in [-0.2, 0) is 24.9 Å². The molecule has 3 heterocycles. The molecule has 1 radical (unpaired) electrons. The fourth-order valence-corrected chi connectivity index (χ4v) is 2.96. The van der Waals surface area contributed by atoms with E-state index in [4.69, 9.17) is 9.52 Å². The molecule has 0 spiro atoms. The summed E-state index contributed by atoms with van der Waals surface area (Å²) < 4.78 is 9.93. The predicted molar refractivity (Wildman–Crippen MR) is 112 cm³/mol. The minimum absolute atomic E-state index is 0. The molecule has 30 heavy (non-hydrogen) atoms. The van der Waals surface area contributed by atoms with E-state index in [-0.39, 0.29) is 31.6 Å². The van der Waals surface area contributed by atoms with Crippen LogP contribution in [0.4, 0.5) is 5.69 Å². The van der Waals surface area contributed by atoms with Gasteiger partial charge in [0.25, 0.3) is 6.20 Å². The summed E-state index contributed by atoms with van der Waals surface area (Å²) >= 11 is 0. The van der Waals surface area contributed by atoms with Gasteiger partial charge in [-0.3, -0.25) is 4.79 Å². The third-order valence-electron chi connectivity index (χ3n) is 4.23. The SMILES string of the molecule is CC(=O)/C=C(/C)O.CCCC[N+]1=C=[N+](c2[c-]ccc3c2oc2ncccc23)C=C1.[Ir]. The second-order valence-electron chi connectivity index (χ2n) is 6.74. The van der Waals surface area contributed by atoms with Gasteiger partial charge in [0, 0.05) is 44.2 Å². The first-order chi connectivity index (χ1) is 14.0. The van der Waals surface area contributed by atoms with Crippen molar-refractivity contribution < 1.29 is 43.6 Å². The Morgan fingerprint density at radius 2 is 2.10 bits per heavy atom. The molecule has 1 aromatic carbocycles. The number of nitrogens with zero attached hydrogens (tertiary/aromatic N) is 3. The minimum atomic E-state index is -0.125. The average molecular weight is 583 g/mol. The summed E-state index contributed by atoms with van der Waals surface area (Å²) in [6, 6.07) is 14.5. The molecule has 0 atom stereocenters. The number of pyridine rings is 1. The van der Waals surface area contributed by atoms with Gasteiger partial charge in [0.1, 0.15) is 0 Å². The van der Waals surface area contributed by atoms with E-state index in [0.29, 0.717) is 5.71 Å². The number of allylic oxidation sites excluding steroid dienone is 2. The zero-order chi connectivity index (χ0) is 20.8. The third-order valence-corrected chi connectivity index (χ3v) is 4.23. The summed E-state index contributed by atoms with van der Waals surface area (Å²) in [6.07, 6.45) is 9.25. The number of carbonyl (C=O) groups is 1. The van der Waals surface area contributed by atoms with Crippen LogP contribution in [0.3, 0.4) is 0 Å². The number of carbonyl (C=O) groups excluding carboxylic acids is 1. The van der Waals surface area contributed by atoms with E-state index in [9.17, 15) is 4.79 Å². The van der Waals surface area contributed by atoms with Gasteiger partial charge >= 0.3 is 6.01 Å². The summed E-state index contributed by atoms with van der Waals surface area (Å²) in [4.78, 5) is 14.3. The van der Waals surface area contributed by atoms with Gasteiger partial charge in [0.05, 0.1) is 11.3 Å². The third kappa shape index (κ3) is 5.61. The van der Waals surface area contributed by atoms with Crippen LogP contribution in [0.15, 0.2) is 59.1 Å². The molecule has 0 aliphatic carbocycles. The fraction of sp³-hybridized carbons (Fsp3) is 0.261. The summed E-state index contributed by atoms with van der Waals surface area (Å²) in [5, 5.41) is 10.4. The molecule has 0 saturated carbocycles. The Balaban J connectivity index is 0.000000350. The van der Waals surface area contributed by atoms with Crippen molar-refractivity contribution in [2.75, 3.05) is 6.54 Å². The van der Waals surface area contributed by atoms with Crippen LogP contribution >= 0.6 is 0 Å². The maximum Gasteiger partial charge on any atom is 0.493 e. The maximum atomic E-state index is 10.0.